The highest BCUT2D eigenvalue weighted by atomic mass is 19.1. The first-order valence-electron chi connectivity index (χ1n) is 8.95. The molecule has 1 unspecified atom stereocenters. The van der Waals surface area contributed by atoms with E-state index in [-0.39, 0.29) is 24.0 Å². The number of ether oxygens (including phenoxy) is 1. The Morgan fingerprint density at radius 2 is 2.00 bits per heavy atom. The minimum atomic E-state index is -0.370. The van der Waals surface area contributed by atoms with E-state index in [1.165, 1.54) is 17.0 Å². The van der Waals surface area contributed by atoms with Gasteiger partial charge in [0, 0.05) is 17.9 Å². The number of hydrogen-bond acceptors (Lipinski definition) is 4. The van der Waals surface area contributed by atoms with Crippen LogP contribution in [-0.2, 0) is 4.74 Å². The summed E-state index contributed by atoms with van der Waals surface area (Å²) in [5.74, 6) is -0.309. The number of likely N-dealkylation sites (N-methyl/N-ethyl adjacent to an activating group) is 1. The average molecular weight is 386 g/mol. The molecule has 28 heavy (non-hydrogen) atoms. The number of halogens is 1. The Kier molecular flexibility index (Phi) is 6.10. The lowest BCUT2D eigenvalue weighted by Crippen LogP contribution is -2.36. The molecule has 1 aliphatic rings. The Labute approximate surface area is 163 Å². The number of benzene rings is 2. The molecule has 0 saturated carbocycles. The van der Waals surface area contributed by atoms with E-state index in [2.05, 4.69) is 10.6 Å². The Morgan fingerprint density at radius 3 is 2.61 bits per heavy atom. The highest BCUT2D eigenvalue weighted by molar-refractivity contribution is 5.91. The number of amides is 3. The fraction of sp³-hybridized carbons (Fsp3) is 0.300. The van der Waals surface area contributed by atoms with Gasteiger partial charge in [0.25, 0.3) is 0 Å². The van der Waals surface area contributed by atoms with Crippen LogP contribution >= 0.6 is 0 Å². The molecule has 1 atom stereocenters. The summed E-state index contributed by atoms with van der Waals surface area (Å²) in [4.78, 5) is 27.3. The summed E-state index contributed by atoms with van der Waals surface area (Å²) < 4.78 is 18.4. The molecule has 1 heterocycles. The summed E-state index contributed by atoms with van der Waals surface area (Å²) in [6.45, 7) is 1.21. The molecular weight excluding hydrogens is 363 g/mol. The van der Waals surface area contributed by atoms with E-state index in [9.17, 15) is 14.0 Å². The summed E-state index contributed by atoms with van der Waals surface area (Å²) >= 11 is 0. The molecule has 1 saturated heterocycles. The first kappa shape index (κ1) is 19.6. The first-order valence-corrected chi connectivity index (χ1v) is 8.95. The van der Waals surface area contributed by atoms with Crippen LogP contribution in [0.1, 0.15) is 11.6 Å². The van der Waals surface area contributed by atoms with Gasteiger partial charge in [-0.1, -0.05) is 12.1 Å². The van der Waals surface area contributed by atoms with Crippen LogP contribution in [0.15, 0.2) is 48.5 Å². The number of carbonyl (C=O) groups excluding carboxylic acids is 2. The van der Waals surface area contributed by atoms with Crippen LogP contribution < -0.4 is 15.5 Å². The van der Waals surface area contributed by atoms with E-state index in [0.29, 0.717) is 31.1 Å². The van der Waals surface area contributed by atoms with Gasteiger partial charge in [-0.3, -0.25) is 4.90 Å². The third-order valence-electron chi connectivity index (χ3n) is 4.51. The number of rotatable bonds is 6. The Morgan fingerprint density at radius 1 is 1.25 bits per heavy atom. The second kappa shape index (κ2) is 8.71. The lowest BCUT2D eigenvalue weighted by Gasteiger charge is -2.25. The zero-order valence-electron chi connectivity index (χ0n) is 15.8. The molecule has 0 spiro atoms. The molecule has 148 valence electrons. The zero-order chi connectivity index (χ0) is 20.1. The number of urea groups is 1. The topological polar surface area (TPSA) is 73.9 Å². The summed E-state index contributed by atoms with van der Waals surface area (Å²) in [5, 5.41) is 5.56. The monoisotopic (exact) mass is 386 g/mol. The molecular formula is C20H23FN4O3. The van der Waals surface area contributed by atoms with Gasteiger partial charge >= 0.3 is 12.1 Å². The molecule has 1 fully saturated rings. The minimum Gasteiger partial charge on any atom is -0.447 e. The van der Waals surface area contributed by atoms with Crippen LogP contribution in [0.3, 0.4) is 0 Å². The van der Waals surface area contributed by atoms with Crippen LogP contribution in [0.5, 0.6) is 0 Å². The van der Waals surface area contributed by atoms with Crippen molar-refractivity contribution >= 4 is 23.5 Å². The highest BCUT2D eigenvalue weighted by Gasteiger charge is 2.23. The summed E-state index contributed by atoms with van der Waals surface area (Å²) in [5.41, 5.74) is 2.10. The van der Waals surface area contributed by atoms with E-state index in [0.717, 1.165) is 5.56 Å². The number of carbonyl (C=O) groups is 2. The van der Waals surface area contributed by atoms with Gasteiger partial charge < -0.3 is 20.3 Å². The fourth-order valence-electron chi connectivity index (χ4n) is 3.03. The molecule has 3 rings (SSSR count). The maximum absolute atomic E-state index is 13.5. The maximum Gasteiger partial charge on any atom is 0.414 e. The van der Waals surface area contributed by atoms with Crippen molar-refractivity contribution in [2.24, 2.45) is 0 Å². The molecule has 3 amide bonds. The lowest BCUT2D eigenvalue weighted by atomic mass is 10.1. The van der Waals surface area contributed by atoms with Crippen molar-refractivity contribution in [3.05, 3.63) is 59.9 Å². The molecule has 1 aliphatic heterocycles. The van der Waals surface area contributed by atoms with Crippen LogP contribution in [0.25, 0.3) is 0 Å². The van der Waals surface area contributed by atoms with Gasteiger partial charge in [0.15, 0.2) is 0 Å². The van der Waals surface area contributed by atoms with Crippen LogP contribution in [0.2, 0.25) is 0 Å². The van der Waals surface area contributed by atoms with E-state index >= 15 is 0 Å². The third kappa shape index (κ3) is 4.77. The molecule has 7 nitrogen and oxygen atoms in total. The quantitative estimate of drug-likeness (QED) is 0.800. The molecule has 8 heteroatoms. The molecule has 0 aromatic heterocycles. The van der Waals surface area contributed by atoms with Gasteiger partial charge in [-0.15, -0.1) is 0 Å². The van der Waals surface area contributed by atoms with Crippen molar-refractivity contribution in [2.45, 2.75) is 6.04 Å². The second-order valence-corrected chi connectivity index (χ2v) is 6.68. The number of nitrogens with zero attached hydrogens (tertiary/aromatic N) is 2. The number of hydrogen-bond donors (Lipinski definition) is 2. The lowest BCUT2D eigenvalue weighted by molar-refractivity contribution is 0.181. The van der Waals surface area contributed by atoms with Crippen molar-refractivity contribution in [3.63, 3.8) is 0 Å². The van der Waals surface area contributed by atoms with E-state index < -0.39 is 0 Å². The van der Waals surface area contributed by atoms with Gasteiger partial charge in [-0.25, -0.2) is 14.0 Å². The fourth-order valence-corrected chi connectivity index (χ4v) is 3.03. The number of anilines is 2. The van der Waals surface area contributed by atoms with Crippen molar-refractivity contribution < 1.29 is 18.7 Å². The van der Waals surface area contributed by atoms with E-state index in [1.807, 2.05) is 25.1 Å². The molecule has 0 radical (unpaired) electrons. The van der Waals surface area contributed by atoms with Crippen molar-refractivity contribution in [3.8, 4) is 0 Å². The van der Waals surface area contributed by atoms with Crippen LogP contribution in [0, 0.1) is 5.82 Å². The SMILES string of the molecule is CN(C)C(CNC(=O)Nc1ccc(N2CCOC2=O)cc1)c1cccc(F)c1. The van der Waals surface area contributed by atoms with Gasteiger partial charge in [0.2, 0.25) is 0 Å². The molecule has 0 bridgehead atoms. The minimum absolute atomic E-state index is 0.162. The average Bonchev–Trinajstić information content (AvgIpc) is 3.08. The van der Waals surface area contributed by atoms with Crippen LogP contribution in [0.4, 0.5) is 25.4 Å². The first-order chi connectivity index (χ1) is 13.4. The maximum atomic E-state index is 13.5. The highest BCUT2D eigenvalue weighted by Crippen LogP contribution is 2.21. The standard InChI is InChI=1S/C20H23FN4O3/c1-24(2)18(14-4-3-5-15(21)12-14)13-22-19(26)23-16-6-8-17(9-7-16)25-10-11-28-20(25)27/h3-9,12,18H,10-11,13H2,1-2H3,(H2,22,23,26). The van der Waals surface area contributed by atoms with Gasteiger partial charge in [-0.05, 0) is 56.1 Å². The van der Waals surface area contributed by atoms with Crippen molar-refractivity contribution in [1.29, 1.82) is 0 Å². The predicted octanol–water partition coefficient (Wildman–Crippen LogP) is 3.21. The van der Waals surface area contributed by atoms with Gasteiger partial charge in [0.05, 0.1) is 12.6 Å². The van der Waals surface area contributed by atoms with E-state index in [4.69, 9.17) is 4.74 Å². The molecule has 0 aliphatic carbocycles. The Balaban J connectivity index is 1.56. The van der Waals surface area contributed by atoms with Crippen molar-refractivity contribution in [2.75, 3.05) is 44.0 Å². The largest absolute Gasteiger partial charge is 0.447 e. The third-order valence-corrected chi connectivity index (χ3v) is 4.51. The molecule has 2 aromatic rings. The summed E-state index contributed by atoms with van der Waals surface area (Å²) in [7, 11) is 3.74. The number of cyclic esters (lactones) is 1. The zero-order valence-corrected chi connectivity index (χ0v) is 15.8. The Bertz CT molecular complexity index is 842. The Hall–Kier alpha value is -3.13. The molecule has 2 N–H and O–H groups in total. The van der Waals surface area contributed by atoms with Gasteiger partial charge in [-0.2, -0.15) is 0 Å². The smallest absolute Gasteiger partial charge is 0.414 e. The second-order valence-electron chi connectivity index (χ2n) is 6.68. The number of nitrogens with one attached hydrogen (secondary N) is 2. The van der Waals surface area contributed by atoms with E-state index in [1.54, 1.807) is 30.3 Å². The normalized spacial score (nSPS) is 14.7. The van der Waals surface area contributed by atoms with Crippen LogP contribution in [-0.4, -0.2) is 50.8 Å². The summed E-state index contributed by atoms with van der Waals surface area (Å²) in [6.07, 6.45) is -0.370. The summed E-state index contributed by atoms with van der Waals surface area (Å²) in [6, 6.07) is 12.7. The van der Waals surface area contributed by atoms with Gasteiger partial charge in [0.1, 0.15) is 12.4 Å². The van der Waals surface area contributed by atoms with Crippen molar-refractivity contribution in [1.82, 2.24) is 10.2 Å². The predicted molar refractivity (Wildman–Crippen MR) is 105 cm³/mol. The molecule has 2 aromatic carbocycles.